The number of carbonyl (C=O) groups excluding carboxylic acids is 1. The SMILES string of the molecule is Cl.Cn1cc(C[C@@H]2CN(Cc3ccccc3)CCN2C(=O)c2cc(C(F)(F)F)cc(C(F)(F)F)c2)c2ccccc21. The summed E-state index contributed by atoms with van der Waals surface area (Å²) in [4.78, 5) is 17.2. The van der Waals surface area contributed by atoms with Gasteiger partial charge in [-0.05, 0) is 41.8 Å². The van der Waals surface area contributed by atoms with Crippen molar-refractivity contribution >= 4 is 29.2 Å². The molecular weight excluding hydrogens is 568 g/mol. The zero-order valence-corrected chi connectivity index (χ0v) is 22.9. The molecule has 1 aliphatic rings. The van der Waals surface area contributed by atoms with Crippen molar-refractivity contribution in [2.75, 3.05) is 19.6 Å². The first-order chi connectivity index (χ1) is 18.9. The molecule has 1 amide bonds. The van der Waals surface area contributed by atoms with Crippen LogP contribution in [0.4, 0.5) is 26.3 Å². The van der Waals surface area contributed by atoms with Gasteiger partial charge in [0.15, 0.2) is 0 Å². The van der Waals surface area contributed by atoms with Gasteiger partial charge in [0.25, 0.3) is 5.91 Å². The van der Waals surface area contributed by atoms with Crippen LogP contribution in [0.25, 0.3) is 10.9 Å². The molecule has 11 heteroatoms. The largest absolute Gasteiger partial charge is 0.416 e. The number of fused-ring (bicyclic) bond motifs is 1. The predicted octanol–water partition coefficient (Wildman–Crippen LogP) is 7.21. The second-order valence-electron chi connectivity index (χ2n) is 10.2. The maximum atomic E-state index is 13.7. The summed E-state index contributed by atoms with van der Waals surface area (Å²) < 4.78 is 83.0. The van der Waals surface area contributed by atoms with Gasteiger partial charge in [0.05, 0.1) is 11.1 Å². The number of carbonyl (C=O) groups is 1. The van der Waals surface area contributed by atoms with Gasteiger partial charge in [0.2, 0.25) is 0 Å². The van der Waals surface area contributed by atoms with Gasteiger partial charge in [-0.1, -0.05) is 48.5 Å². The molecule has 0 bridgehead atoms. The van der Waals surface area contributed by atoms with E-state index in [0.29, 0.717) is 38.2 Å². The van der Waals surface area contributed by atoms with Crippen molar-refractivity contribution in [3.8, 4) is 0 Å². The van der Waals surface area contributed by atoms with Crippen molar-refractivity contribution in [1.29, 1.82) is 0 Å². The number of benzene rings is 3. The minimum Gasteiger partial charge on any atom is -0.350 e. The van der Waals surface area contributed by atoms with Gasteiger partial charge in [0.1, 0.15) is 0 Å². The number of nitrogens with zero attached hydrogens (tertiary/aromatic N) is 3. The molecule has 218 valence electrons. The zero-order chi connectivity index (χ0) is 28.7. The van der Waals surface area contributed by atoms with Crippen molar-refractivity contribution in [3.63, 3.8) is 0 Å². The Balaban J connectivity index is 0.00000387. The number of piperazine rings is 1. The minimum absolute atomic E-state index is 0. The van der Waals surface area contributed by atoms with E-state index in [1.165, 1.54) is 4.90 Å². The summed E-state index contributed by atoms with van der Waals surface area (Å²) in [6, 6.07) is 18.1. The average Bonchev–Trinajstić information content (AvgIpc) is 3.23. The van der Waals surface area contributed by atoms with Crippen LogP contribution in [-0.2, 0) is 32.4 Å². The third-order valence-electron chi connectivity index (χ3n) is 7.35. The smallest absolute Gasteiger partial charge is 0.350 e. The van der Waals surface area contributed by atoms with Crippen LogP contribution < -0.4 is 0 Å². The van der Waals surface area contributed by atoms with E-state index in [0.717, 1.165) is 22.0 Å². The van der Waals surface area contributed by atoms with Crippen molar-refractivity contribution in [1.82, 2.24) is 14.4 Å². The van der Waals surface area contributed by atoms with Crippen LogP contribution in [0.3, 0.4) is 0 Å². The molecule has 4 aromatic rings. The van der Waals surface area contributed by atoms with Gasteiger partial charge in [-0.2, -0.15) is 26.3 Å². The van der Waals surface area contributed by atoms with Gasteiger partial charge in [-0.25, -0.2) is 0 Å². The Kier molecular flexibility index (Phi) is 8.75. The quantitative estimate of drug-likeness (QED) is 0.228. The molecule has 5 rings (SSSR count). The highest BCUT2D eigenvalue weighted by molar-refractivity contribution is 5.95. The standard InChI is InChI=1S/C30H27F6N3O.ClH/c1-37-18-22(26-9-5-6-10-27(26)37)15-25-19-38(17-20-7-3-2-4-8-20)11-12-39(25)28(40)21-13-23(29(31,32)33)16-24(14-21)30(34,35)36;/h2-10,13-14,16,18,25H,11-12,15,17,19H2,1H3;1H/t25-;/m1./s1. The fourth-order valence-electron chi connectivity index (χ4n) is 5.43. The molecule has 0 unspecified atom stereocenters. The molecule has 0 aliphatic carbocycles. The number of aromatic nitrogens is 1. The number of rotatable bonds is 5. The summed E-state index contributed by atoms with van der Waals surface area (Å²) in [5, 5.41) is 0.982. The number of hydrogen-bond acceptors (Lipinski definition) is 2. The molecule has 3 aromatic carbocycles. The van der Waals surface area contributed by atoms with E-state index in [9.17, 15) is 31.1 Å². The number of alkyl halides is 6. The molecule has 4 nitrogen and oxygen atoms in total. The van der Waals surface area contributed by atoms with Crippen LogP contribution in [0.15, 0.2) is 79.0 Å². The highest BCUT2D eigenvalue weighted by Crippen LogP contribution is 2.37. The van der Waals surface area contributed by atoms with Crippen molar-refractivity contribution < 1.29 is 31.1 Å². The molecule has 41 heavy (non-hydrogen) atoms. The monoisotopic (exact) mass is 595 g/mol. The lowest BCUT2D eigenvalue weighted by molar-refractivity contribution is -0.143. The summed E-state index contributed by atoms with van der Waals surface area (Å²) in [5.74, 6) is -0.846. The first-order valence-corrected chi connectivity index (χ1v) is 12.8. The van der Waals surface area contributed by atoms with Gasteiger partial charge >= 0.3 is 12.4 Å². The van der Waals surface area contributed by atoms with Crippen LogP contribution in [0.1, 0.15) is 32.6 Å². The van der Waals surface area contributed by atoms with Crippen molar-refractivity contribution in [2.24, 2.45) is 7.05 Å². The van der Waals surface area contributed by atoms with E-state index < -0.39 is 41.0 Å². The van der Waals surface area contributed by atoms with E-state index in [4.69, 9.17) is 0 Å². The Bertz CT molecular complexity index is 1480. The number of aryl methyl sites for hydroxylation is 1. The Morgan fingerprint density at radius 3 is 2.10 bits per heavy atom. The van der Waals surface area contributed by atoms with E-state index in [1.54, 1.807) is 0 Å². The fraction of sp³-hybridized carbons (Fsp3) is 0.300. The summed E-state index contributed by atoms with van der Waals surface area (Å²) in [7, 11) is 1.90. The van der Waals surface area contributed by atoms with Crippen molar-refractivity contribution in [2.45, 2.75) is 31.4 Å². The van der Waals surface area contributed by atoms with Crippen molar-refractivity contribution in [3.05, 3.63) is 107 Å². The number of para-hydroxylation sites is 1. The molecule has 1 aliphatic heterocycles. The lowest BCUT2D eigenvalue weighted by Crippen LogP contribution is -2.55. The van der Waals surface area contributed by atoms with Crippen LogP contribution in [0.5, 0.6) is 0 Å². The van der Waals surface area contributed by atoms with Crippen LogP contribution in [0.2, 0.25) is 0 Å². The van der Waals surface area contributed by atoms with Crippen LogP contribution in [0, 0.1) is 0 Å². The first kappa shape index (κ1) is 30.5. The summed E-state index contributed by atoms with van der Waals surface area (Å²) in [6.45, 7) is 1.61. The van der Waals surface area contributed by atoms with E-state index in [1.807, 2.05) is 72.4 Å². The van der Waals surface area contributed by atoms with Gasteiger partial charge in [0, 0.05) is 61.9 Å². The normalized spacial score (nSPS) is 16.6. The first-order valence-electron chi connectivity index (χ1n) is 12.8. The zero-order valence-electron chi connectivity index (χ0n) is 22.0. The van der Waals surface area contributed by atoms with Crippen LogP contribution in [-0.4, -0.2) is 46.0 Å². The average molecular weight is 596 g/mol. The maximum Gasteiger partial charge on any atom is 0.416 e. The molecule has 0 spiro atoms. The number of halogens is 7. The van der Waals surface area contributed by atoms with Gasteiger partial charge < -0.3 is 9.47 Å². The minimum atomic E-state index is -5.03. The highest BCUT2D eigenvalue weighted by Gasteiger charge is 2.39. The van der Waals surface area contributed by atoms with Crippen LogP contribution >= 0.6 is 12.4 Å². The molecule has 1 saturated heterocycles. The molecule has 1 fully saturated rings. The summed E-state index contributed by atoms with van der Waals surface area (Å²) in [6.07, 6.45) is -7.72. The topological polar surface area (TPSA) is 28.5 Å². The molecule has 0 radical (unpaired) electrons. The molecule has 0 saturated carbocycles. The van der Waals surface area contributed by atoms with Gasteiger partial charge in [-0.3, -0.25) is 9.69 Å². The maximum absolute atomic E-state index is 13.7. The Hall–Kier alpha value is -3.50. The Morgan fingerprint density at radius 1 is 0.854 bits per heavy atom. The van der Waals surface area contributed by atoms with E-state index >= 15 is 0 Å². The number of hydrogen-bond donors (Lipinski definition) is 0. The second-order valence-corrected chi connectivity index (χ2v) is 10.2. The van der Waals surface area contributed by atoms with Gasteiger partial charge in [-0.15, -0.1) is 12.4 Å². The summed E-state index contributed by atoms with van der Waals surface area (Å²) in [5.41, 5.74) is -0.624. The highest BCUT2D eigenvalue weighted by atomic mass is 35.5. The molecule has 1 aromatic heterocycles. The molecular formula is C30H28ClF6N3O. The molecule has 1 atom stereocenters. The Labute approximate surface area is 239 Å². The van der Waals surface area contributed by atoms with E-state index in [-0.39, 0.29) is 25.0 Å². The third kappa shape index (κ3) is 6.70. The fourth-order valence-corrected chi connectivity index (χ4v) is 5.43. The summed E-state index contributed by atoms with van der Waals surface area (Å²) >= 11 is 0. The van der Waals surface area contributed by atoms with E-state index in [2.05, 4.69) is 4.90 Å². The number of amides is 1. The lowest BCUT2D eigenvalue weighted by atomic mass is 9.98. The Morgan fingerprint density at radius 2 is 1.46 bits per heavy atom. The lowest BCUT2D eigenvalue weighted by Gasteiger charge is -2.42. The second kappa shape index (κ2) is 11.8. The third-order valence-corrected chi connectivity index (χ3v) is 7.35. The predicted molar refractivity (Wildman–Crippen MR) is 147 cm³/mol. The molecule has 0 N–H and O–H groups in total. The molecule has 2 heterocycles.